The van der Waals surface area contributed by atoms with Gasteiger partial charge in [0.05, 0.1) is 6.54 Å². The van der Waals surface area contributed by atoms with Gasteiger partial charge in [0, 0.05) is 16.5 Å². The highest BCUT2D eigenvalue weighted by atomic mass is 35.5. The van der Waals surface area contributed by atoms with E-state index in [9.17, 15) is 14.4 Å². The van der Waals surface area contributed by atoms with Crippen LogP contribution >= 0.6 is 11.6 Å². The summed E-state index contributed by atoms with van der Waals surface area (Å²) in [5.41, 5.74) is 0.943. The van der Waals surface area contributed by atoms with Gasteiger partial charge in [-0.25, -0.2) is 9.59 Å². The Hall–Kier alpha value is -3.12. The lowest BCUT2D eigenvalue weighted by atomic mass is 9.92. The summed E-state index contributed by atoms with van der Waals surface area (Å²) in [6.07, 6.45) is 0.802. The predicted octanol–water partition coefficient (Wildman–Crippen LogP) is 3.98. The highest BCUT2D eigenvalue weighted by Gasteiger charge is 2.49. The second-order valence-electron chi connectivity index (χ2n) is 7.23. The van der Waals surface area contributed by atoms with Crippen molar-refractivity contribution in [3.8, 4) is 0 Å². The van der Waals surface area contributed by atoms with Crippen LogP contribution in [0.15, 0.2) is 57.7 Å². The monoisotopic (exact) mass is 410 g/mol. The van der Waals surface area contributed by atoms with Crippen LogP contribution in [0.3, 0.4) is 0 Å². The third-order valence-corrected chi connectivity index (χ3v) is 5.58. The van der Waals surface area contributed by atoms with Crippen LogP contribution in [0.2, 0.25) is 5.02 Å². The molecule has 1 atom stereocenters. The molecule has 3 amide bonds. The van der Waals surface area contributed by atoms with E-state index < -0.39 is 23.1 Å². The zero-order chi connectivity index (χ0) is 20.8. The quantitative estimate of drug-likeness (QED) is 0.521. The normalized spacial score (nSPS) is 19.1. The highest BCUT2D eigenvalue weighted by molar-refractivity contribution is 6.30. The first-order valence-corrected chi connectivity index (χ1v) is 9.65. The van der Waals surface area contributed by atoms with Gasteiger partial charge in [0.15, 0.2) is 0 Å². The number of nitrogens with zero attached hydrogens (tertiary/aromatic N) is 1. The zero-order valence-electron chi connectivity index (χ0n) is 16.0. The summed E-state index contributed by atoms with van der Waals surface area (Å²) in [6, 6.07) is 13.2. The van der Waals surface area contributed by atoms with Crippen LogP contribution in [-0.2, 0) is 23.3 Å². The van der Waals surface area contributed by atoms with E-state index in [-0.39, 0.29) is 6.54 Å². The summed E-state index contributed by atoms with van der Waals surface area (Å²) in [7, 11) is 0. The van der Waals surface area contributed by atoms with Crippen molar-refractivity contribution < 1.29 is 14.0 Å². The second-order valence-corrected chi connectivity index (χ2v) is 7.66. The Bertz CT molecular complexity index is 1190. The Balaban J connectivity index is 1.71. The summed E-state index contributed by atoms with van der Waals surface area (Å²) < 4.78 is 5.31. The molecular formula is C22H19ClN2O4. The molecule has 1 aliphatic rings. The first-order chi connectivity index (χ1) is 13.8. The van der Waals surface area contributed by atoms with E-state index in [1.54, 1.807) is 31.2 Å². The van der Waals surface area contributed by atoms with E-state index in [2.05, 4.69) is 5.32 Å². The molecule has 0 saturated carbocycles. The number of rotatable bonds is 4. The molecule has 7 heteroatoms. The van der Waals surface area contributed by atoms with E-state index in [1.165, 1.54) is 6.07 Å². The Labute approximate surface area is 172 Å². The van der Waals surface area contributed by atoms with E-state index in [0.29, 0.717) is 27.1 Å². The first kappa shape index (κ1) is 19.2. The van der Waals surface area contributed by atoms with E-state index in [4.69, 9.17) is 16.0 Å². The van der Waals surface area contributed by atoms with Gasteiger partial charge in [0.1, 0.15) is 11.1 Å². The van der Waals surface area contributed by atoms with Gasteiger partial charge in [-0.2, -0.15) is 0 Å². The Morgan fingerprint density at radius 1 is 1.07 bits per heavy atom. The minimum absolute atomic E-state index is 0.0264. The lowest BCUT2D eigenvalue weighted by Crippen LogP contribution is -2.40. The number of hydrogen-bond donors (Lipinski definition) is 1. The minimum atomic E-state index is -1.20. The van der Waals surface area contributed by atoms with E-state index in [0.717, 1.165) is 16.9 Å². The van der Waals surface area contributed by atoms with Crippen molar-refractivity contribution >= 4 is 34.5 Å². The fourth-order valence-electron chi connectivity index (χ4n) is 3.61. The predicted molar refractivity (Wildman–Crippen MR) is 110 cm³/mol. The second kappa shape index (κ2) is 7.04. The van der Waals surface area contributed by atoms with Crippen molar-refractivity contribution in [1.29, 1.82) is 0 Å². The topological polar surface area (TPSA) is 79.6 Å². The molecule has 0 bridgehead atoms. The molecule has 0 aliphatic carbocycles. The summed E-state index contributed by atoms with van der Waals surface area (Å²) in [5.74, 6) is -0.392. The number of carbonyl (C=O) groups is 2. The molecular weight excluding hydrogens is 392 g/mol. The maximum atomic E-state index is 13.2. The van der Waals surface area contributed by atoms with Crippen LogP contribution < -0.4 is 10.9 Å². The Morgan fingerprint density at radius 3 is 2.48 bits per heavy atom. The molecule has 1 fully saturated rings. The molecule has 0 radical (unpaired) electrons. The number of fused-ring (bicyclic) bond motifs is 1. The number of aryl methyl sites for hydroxylation is 1. The molecule has 1 aromatic heterocycles. The summed E-state index contributed by atoms with van der Waals surface area (Å²) >= 11 is 5.94. The van der Waals surface area contributed by atoms with Crippen LogP contribution in [0.25, 0.3) is 11.0 Å². The van der Waals surface area contributed by atoms with Gasteiger partial charge in [-0.1, -0.05) is 42.8 Å². The average molecular weight is 411 g/mol. The molecule has 1 aliphatic heterocycles. The van der Waals surface area contributed by atoms with Crippen molar-refractivity contribution in [3.63, 3.8) is 0 Å². The fourth-order valence-corrected chi connectivity index (χ4v) is 3.74. The Morgan fingerprint density at radius 2 is 1.79 bits per heavy atom. The smallest absolute Gasteiger partial charge is 0.336 e. The molecule has 4 rings (SSSR count). The van der Waals surface area contributed by atoms with Gasteiger partial charge in [-0.05, 0) is 48.2 Å². The van der Waals surface area contributed by atoms with Gasteiger partial charge in [-0.3, -0.25) is 9.69 Å². The number of halogens is 1. The minimum Gasteiger partial charge on any atom is -0.423 e. The maximum absolute atomic E-state index is 13.2. The SMILES string of the molecule is CCc1ccc2c(CN3C(=O)NC(C)(c4ccc(Cl)cc4)C3=O)cc(=O)oc2c1. The fraction of sp³-hybridized carbons (Fsp3) is 0.227. The molecule has 6 nitrogen and oxygen atoms in total. The number of urea groups is 1. The first-order valence-electron chi connectivity index (χ1n) is 9.27. The van der Waals surface area contributed by atoms with Crippen molar-refractivity contribution in [1.82, 2.24) is 10.2 Å². The molecule has 1 unspecified atom stereocenters. The Kier molecular flexibility index (Phi) is 4.67. The van der Waals surface area contributed by atoms with Gasteiger partial charge >= 0.3 is 11.7 Å². The number of nitrogens with one attached hydrogen (secondary N) is 1. The van der Waals surface area contributed by atoms with Crippen LogP contribution in [-0.4, -0.2) is 16.8 Å². The molecule has 0 spiro atoms. The van der Waals surface area contributed by atoms with Gasteiger partial charge in [0.2, 0.25) is 0 Å². The number of hydrogen-bond acceptors (Lipinski definition) is 4. The highest BCUT2D eigenvalue weighted by Crippen LogP contribution is 2.31. The number of benzene rings is 2. The number of imide groups is 1. The van der Waals surface area contributed by atoms with Crippen molar-refractivity contribution in [3.05, 3.63) is 80.7 Å². The summed E-state index contributed by atoms with van der Waals surface area (Å²) in [6.45, 7) is 3.64. The van der Waals surface area contributed by atoms with Crippen molar-refractivity contribution in [2.75, 3.05) is 0 Å². The van der Waals surface area contributed by atoms with Crippen LogP contribution in [0.1, 0.15) is 30.5 Å². The largest absolute Gasteiger partial charge is 0.423 e. The molecule has 29 heavy (non-hydrogen) atoms. The molecule has 1 N–H and O–H groups in total. The van der Waals surface area contributed by atoms with E-state index >= 15 is 0 Å². The standard InChI is InChI=1S/C22H19ClN2O4/c1-3-13-4-9-17-14(11-19(26)29-18(17)10-13)12-25-20(27)22(2,24-21(25)28)15-5-7-16(23)8-6-15/h4-11H,3,12H2,1-2H3,(H,24,28). The molecule has 2 heterocycles. The molecule has 3 aromatic rings. The van der Waals surface area contributed by atoms with Crippen molar-refractivity contribution in [2.45, 2.75) is 32.4 Å². The van der Waals surface area contributed by atoms with Gasteiger partial charge in [-0.15, -0.1) is 0 Å². The third-order valence-electron chi connectivity index (χ3n) is 5.33. The number of carbonyl (C=O) groups excluding carboxylic acids is 2. The lowest BCUT2D eigenvalue weighted by molar-refractivity contribution is -0.131. The average Bonchev–Trinajstić information content (AvgIpc) is 2.91. The van der Waals surface area contributed by atoms with Crippen LogP contribution in [0.5, 0.6) is 0 Å². The third kappa shape index (κ3) is 3.29. The molecule has 148 valence electrons. The maximum Gasteiger partial charge on any atom is 0.336 e. The zero-order valence-corrected chi connectivity index (χ0v) is 16.7. The summed E-state index contributed by atoms with van der Waals surface area (Å²) in [5, 5.41) is 4.00. The van der Waals surface area contributed by atoms with Crippen LogP contribution in [0, 0.1) is 0 Å². The lowest BCUT2D eigenvalue weighted by Gasteiger charge is -2.22. The number of amides is 3. The van der Waals surface area contributed by atoms with Crippen molar-refractivity contribution in [2.24, 2.45) is 0 Å². The van der Waals surface area contributed by atoms with Crippen LogP contribution in [0.4, 0.5) is 4.79 Å². The summed E-state index contributed by atoms with van der Waals surface area (Å²) in [4.78, 5) is 38.9. The molecule has 2 aromatic carbocycles. The molecule has 1 saturated heterocycles. The van der Waals surface area contributed by atoms with E-state index in [1.807, 2.05) is 25.1 Å². The van der Waals surface area contributed by atoms with Gasteiger partial charge in [0.25, 0.3) is 5.91 Å². The van der Waals surface area contributed by atoms with Gasteiger partial charge < -0.3 is 9.73 Å².